The van der Waals surface area contributed by atoms with E-state index in [1.165, 1.54) is 5.56 Å². The van der Waals surface area contributed by atoms with E-state index < -0.39 is 0 Å². The van der Waals surface area contributed by atoms with E-state index in [1.807, 2.05) is 30.3 Å². The van der Waals surface area contributed by atoms with Gasteiger partial charge in [-0.2, -0.15) is 0 Å². The number of nitrogens with zero attached hydrogens (tertiary/aromatic N) is 1. The molecule has 0 aliphatic carbocycles. The van der Waals surface area contributed by atoms with Gasteiger partial charge in [-0.05, 0) is 17.7 Å². The number of nitrogens with two attached hydrogens (primary N) is 1. The first-order valence-electron chi connectivity index (χ1n) is 5.31. The lowest BCUT2D eigenvalue weighted by molar-refractivity contribution is 0.790. The fourth-order valence-corrected chi connectivity index (χ4v) is 1.61. The maximum Gasteiger partial charge on any atom is 0.0636 e. The third-order valence-corrected chi connectivity index (χ3v) is 2.46. The Morgan fingerprint density at radius 2 is 1.75 bits per heavy atom. The lowest BCUT2D eigenvalue weighted by atomic mass is 10.1. The average molecular weight is 213 g/mol. The van der Waals surface area contributed by atoms with Gasteiger partial charge in [-0.3, -0.25) is 4.98 Å². The molecule has 0 fully saturated rings. The summed E-state index contributed by atoms with van der Waals surface area (Å²) in [4.78, 5) is 3.98. The second-order valence-electron chi connectivity index (χ2n) is 3.58. The van der Waals surface area contributed by atoms with Gasteiger partial charge in [0.15, 0.2) is 0 Å². The van der Waals surface area contributed by atoms with Crippen molar-refractivity contribution in [3.8, 4) is 0 Å². The Morgan fingerprint density at radius 1 is 1.06 bits per heavy atom. The van der Waals surface area contributed by atoms with Crippen molar-refractivity contribution >= 4 is 5.69 Å². The molecule has 1 heterocycles. The van der Waals surface area contributed by atoms with E-state index >= 15 is 0 Å². The largest absolute Gasteiger partial charge is 0.377 e. The zero-order valence-electron chi connectivity index (χ0n) is 9.01. The number of anilines is 1. The van der Waals surface area contributed by atoms with E-state index in [1.54, 1.807) is 12.4 Å². The normalized spacial score (nSPS) is 12.1. The molecule has 1 unspecified atom stereocenters. The van der Waals surface area contributed by atoms with Gasteiger partial charge >= 0.3 is 0 Å². The molecule has 0 aliphatic rings. The van der Waals surface area contributed by atoms with Gasteiger partial charge in [-0.1, -0.05) is 30.3 Å². The molecule has 0 aliphatic heterocycles. The molecule has 0 bridgehead atoms. The summed E-state index contributed by atoms with van der Waals surface area (Å²) < 4.78 is 0. The molecule has 1 aromatic carbocycles. The number of benzene rings is 1. The second kappa shape index (κ2) is 5.28. The maximum absolute atomic E-state index is 5.77. The predicted octanol–water partition coefficient (Wildman–Crippen LogP) is 2.19. The minimum absolute atomic E-state index is 0.142. The second-order valence-corrected chi connectivity index (χ2v) is 3.58. The van der Waals surface area contributed by atoms with Crippen LogP contribution in [0.2, 0.25) is 0 Å². The van der Waals surface area contributed by atoms with Crippen molar-refractivity contribution in [2.45, 2.75) is 6.04 Å². The van der Waals surface area contributed by atoms with Gasteiger partial charge in [-0.15, -0.1) is 0 Å². The summed E-state index contributed by atoms with van der Waals surface area (Å²) in [5.74, 6) is 0. The number of hydrogen-bond acceptors (Lipinski definition) is 3. The zero-order chi connectivity index (χ0) is 11.2. The molecule has 2 aromatic rings. The Kier molecular flexibility index (Phi) is 3.51. The Morgan fingerprint density at radius 3 is 2.38 bits per heavy atom. The van der Waals surface area contributed by atoms with Gasteiger partial charge < -0.3 is 11.1 Å². The highest BCUT2D eigenvalue weighted by atomic mass is 14.9. The van der Waals surface area contributed by atoms with Crippen LogP contribution in [0.25, 0.3) is 0 Å². The molecule has 82 valence electrons. The first-order valence-corrected chi connectivity index (χ1v) is 5.31. The molecule has 2 rings (SSSR count). The maximum atomic E-state index is 5.77. The van der Waals surface area contributed by atoms with E-state index in [0.717, 1.165) is 5.69 Å². The van der Waals surface area contributed by atoms with Crippen LogP contribution in [0.15, 0.2) is 54.9 Å². The molecule has 1 aromatic heterocycles. The molecule has 3 N–H and O–H groups in total. The van der Waals surface area contributed by atoms with Crippen molar-refractivity contribution in [1.29, 1.82) is 0 Å². The Labute approximate surface area is 95.3 Å². The highest BCUT2D eigenvalue weighted by molar-refractivity contribution is 5.43. The molecule has 0 amide bonds. The van der Waals surface area contributed by atoms with Gasteiger partial charge in [0.25, 0.3) is 0 Å². The standard InChI is InChI=1S/C13H15N3/c14-10-13(11-4-2-1-3-5-11)16-12-6-8-15-9-7-12/h1-9,13H,10,14H2,(H,15,16). The molecule has 1 atom stereocenters. The van der Waals surface area contributed by atoms with Crippen LogP contribution < -0.4 is 11.1 Å². The predicted molar refractivity (Wildman–Crippen MR) is 66.1 cm³/mol. The third-order valence-electron chi connectivity index (χ3n) is 2.46. The molecule has 0 saturated heterocycles. The summed E-state index contributed by atoms with van der Waals surface area (Å²) >= 11 is 0. The minimum atomic E-state index is 0.142. The van der Waals surface area contributed by atoms with E-state index in [-0.39, 0.29) is 6.04 Å². The number of nitrogens with one attached hydrogen (secondary N) is 1. The van der Waals surface area contributed by atoms with Gasteiger partial charge in [-0.25, -0.2) is 0 Å². The van der Waals surface area contributed by atoms with Crippen LogP contribution in [0.1, 0.15) is 11.6 Å². The van der Waals surface area contributed by atoms with E-state index in [4.69, 9.17) is 5.73 Å². The van der Waals surface area contributed by atoms with Crippen LogP contribution in [0.4, 0.5) is 5.69 Å². The van der Waals surface area contributed by atoms with Gasteiger partial charge in [0, 0.05) is 24.6 Å². The van der Waals surface area contributed by atoms with Crippen molar-refractivity contribution in [3.05, 3.63) is 60.4 Å². The molecule has 3 heteroatoms. The number of pyridine rings is 1. The summed E-state index contributed by atoms with van der Waals surface area (Å²) in [7, 11) is 0. The first-order chi connectivity index (χ1) is 7.90. The summed E-state index contributed by atoms with van der Waals surface area (Å²) in [6.45, 7) is 0.562. The monoisotopic (exact) mass is 213 g/mol. The average Bonchev–Trinajstić information content (AvgIpc) is 2.38. The molecule has 0 spiro atoms. The van der Waals surface area contributed by atoms with Crippen LogP contribution >= 0.6 is 0 Å². The van der Waals surface area contributed by atoms with Crippen LogP contribution in [0, 0.1) is 0 Å². The molecular weight excluding hydrogens is 198 g/mol. The van der Waals surface area contributed by atoms with Crippen molar-refractivity contribution in [1.82, 2.24) is 4.98 Å². The summed E-state index contributed by atoms with van der Waals surface area (Å²) in [5.41, 5.74) is 8.01. The SMILES string of the molecule is NCC(Nc1ccncc1)c1ccccc1. The highest BCUT2D eigenvalue weighted by Gasteiger charge is 2.07. The minimum Gasteiger partial charge on any atom is -0.377 e. The summed E-state index contributed by atoms with van der Waals surface area (Å²) in [6.07, 6.45) is 3.53. The van der Waals surface area contributed by atoms with Crippen molar-refractivity contribution in [3.63, 3.8) is 0 Å². The lowest BCUT2D eigenvalue weighted by Gasteiger charge is -2.18. The van der Waals surface area contributed by atoms with Gasteiger partial charge in [0.1, 0.15) is 0 Å². The van der Waals surface area contributed by atoms with Gasteiger partial charge in [0.05, 0.1) is 6.04 Å². The van der Waals surface area contributed by atoms with E-state index in [0.29, 0.717) is 6.54 Å². The van der Waals surface area contributed by atoms with E-state index in [2.05, 4.69) is 22.4 Å². The molecule has 0 radical (unpaired) electrons. The third kappa shape index (κ3) is 2.58. The van der Waals surface area contributed by atoms with Crippen LogP contribution in [0.3, 0.4) is 0 Å². The smallest absolute Gasteiger partial charge is 0.0636 e. The quantitative estimate of drug-likeness (QED) is 0.818. The fraction of sp³-hybridized carbons (Fsp3) is 0.154. The first kappa shape index (κ1) is 10.6. The fourth-order valence-electron chi connectivity index (χ4n) is 1.61. The van der Waals surface area contributed by atoms with Crippen molar-refractivity contribution < 1.29 is 0 Å². The molecular formula is C13H15N3. The van der Waals surface area contributed by atoms with E-state index in [9.17, 15) is 0 Å². The topological polar surface area (TPSA) is 50.9 Å². The zero-order valence-corrected chi connectivity index (χ0v) is 9.01. The highest BCUT2D eigenvalue weighted by Crippen LogP contribution is 2.17. The summed E-state index contributed by atoms with van der Waals surface area (Å²) in [5, 5.41) is 3.38. The molecule has 3 nitrogen and oxygen atoms in total. The molecule has 0 saturated carbocycles. The Bertz CT molecular complexity index is 414. The van der Waals surface area contributed by atoms with Crippen LogP contribution in [0.5, 0.6) is 0 Å². The number of rotatable bonds is 4. The van der Waals surface area contributed by atoms with Crippen LogP contribution in [-0.4, -0.2) is 11.5 Å². The van der Waals surface area contributed by atoms with Crippen molar-refractivity contribution in [2.24, 2.45) is 5.73 Å². The molecule has 16 heavy (non-hydrogen) atoms. The Hall–Kier alpha value is -1.87. The number of aromatic nitrogens is 1. The van der Waals surface area contributed by atoms with Gasteiger partial charge in [0.2, 0.25) is 0 Å². The Balaban J connectivity index is 2.13. The summed E-state index contributed by atoms with van der Waals surface area (Å²) in [6, 6.07) is 14.2. The van der Waals surface area contributed by atoms with Crippen LogP contribution in [-0.2, 0) is 0 Å². The van der Waals surface area contributed by atoms with Crippen molar-refractivity contribution in [2.75, 3.05) is 11.9 Å². The number of hydrogen-bond donors (Lipinski definition) is 2. The lowest BCUT2D eigenvalue weighted by Crippen LogP contribution is -2.20.